The Morgan fingerprint density at radius 1 is 1.11 bits per heavy atom. The van der Waals surface area contributed by atoms with Crippen LogP contribution in [-0.2, 0) is 6.42 Å². The van der Waals surface area contributed by atoms with Crippen molar-refractivity contribution in [3.05, 3.63) is 77.2 Å². The van der Waals surface area contributed by atoms with Crippen LogP contribution in [0.15, 0.2) is 60.9 Å². The molecule has 6 heteroatoms. The van der Waals surface area contributed by atoms with E-state index in [9.17, 15) is 0 Å². The summed E-state index contributed by atoms with van der Waals surface area (Å²) in [7, 11) is 0. The highest BCUT2D eigenvalue weighted by Gasteiger charge is 2.10. The van der Waals surface area contributed by atoms with Crippen molar-refractivity contribution in [3.63, 3.8) is 0 Å². The van der Waals surface area contributed by atoms with Gasteiger partial charge in [-0.15, -0.1) is 0 Å². The van der Waals surface area contributed by atoms with E-state index in [0.717, 1.165) is 38.3 Å². The summed E-state index contributed by atoms with van der Waals surface area (Å²) < 4.78 is 5.89. The molecule has 2 aromatic carbocycles. The summed E-state index contributed by atoms with van der Waals surface area (Å²) in [5, 5.41) is 9.11. The number of rotatable bonds is 6. The third-order valence-electron chi connectivity index (χ3n) is 4.70. The van der Waals surface area contributed by atoms with Crippen LogP contribution in [0.4, 0.5) is 0 Å². The first-order valence-corrected chi connectivity index (χ1v) is 9.50. The van der Waals surface area contributed by atoms with Crippen molar-refractivity contribution in [1.29, 1.82) is 0 Å². The molecule has 0 aliphatic rings. The maximum atomic E-state index is 6.22. The van der Waals surface area contributed by atoms with Crippen LogP contribution < -0.4 is 10.5 Å². The molecule has 1 atom stereocenters. The number of fused-ring (bicyclic) bond motifs is 1. The van der Waals surface area contributed by atoms with Crippen LogP contribution in [-0.4, -0.2) is 27.8 Å². The van der Waals surface area contributed by atoms with E-state index < -0.39 is 0 Å². The molecule has 0 aliphatic heterocycles. The standard InChI is InChI=1S/C22H21ClN4O/c1-14-20-10-15(6-7-22(20)27-26-14)17-9-19(12-25-11-17)28-13-18(24)8-16-4-2-3-5-21(16)23/h2-7,9-12,18H,8,13,24H2,1H3,(H,26,27)/t18-/m0/s1. The molecule has 4 aromatic rings. The molecule has 0 amide bonds. The minimum Gasteiger partial charge on any atom is -0.490 e. The zero-order valence-corrected chi connectivity index (χ0v) is 16.3. The molecule has 0 radical (unpaired) electrons. The number of H-pyrrole nitrogens is 1. The van der Waals surface area contributed by atoms with Gasteiger partial charge in [0, 0.05) is 33.9 Å². The second-order valence-electron chi connectivity index (χ2n) is 6.86. The smallest absolute Gasteiger partial charge is 0.138 e. The van der Waals surface area contributed by atoms with Gasteiger partial charge in [0.15, 0.2) is 0 Å². The van der Waals surface area contributed by atoms with E-state index in [-0.39, 0.29) is 6.04 Å². The zero-order valence-electron chi connectivity index (χ0n) is 15.5. The van der Waals surface area contributed by atoms with Gasteiger partial charge in [0.05, 0.1) is 11.7 Å². The van der Waals surface area contributed by atoms with Crippen molar-refractivity contribution in [2.45, 2.75) is 19.4 Å². The van der Waals surface area contributed by atoms with E-state index in [1.54, 1.807) is 6.20 Å². The van der Waals surface area contributed by atoms with E-state index in [1.165, 1.54) is 0 Å². The largest absolute Gasteiger partial charge is 0.490 e. The fourth-order valence-electron chi connectivity index (χ4n) is 3.18. The average Bonchev–Trinajstić information content (AvgIpc) is 3.09. The predicted molar refractivity (Wildman–Crippen MR) is 113 cm³/mol. The first-order valence-electron chi connectivity index (χ1n) is 9.12. The Hall–Kier alpha value is -2.89. The minimum atomic E-state index is -0.159. The number of aromatic nitrogens is 3. The monoisotopic (exact) mass is 392 g/mol. The topological polar surface area (TPSA) is 76.8 Å². The van der Waals surface area contributed by atoms with Crippen molar-refractivity contribution >= 4 is 22.5 Å². The van der Waals surface area contributed by atoms with Crippen molar-refractivity contribution < 1.29 is 4.74 Å². The third kappa shape index (κ3) is 4.01. The molecule has 3 N–H and O–H groups in total. The van der Waals surface area contributed by atoms with Crippen LogP contribution in [0.5, 0.6) is 5.75 Å². The molecule has 5 nitrogen and oxygen atoms in total. The fourth-order valence-corrected chi connectivity index (χ4v) is 3.39. The number of nitrogens with one attached hydrogen (secondary N) is 1. The van der Waals surface area contributed by atoms with Gasteiger partial charge in [-0.05, 0) is 48.7 Å². The van der Waals surface area contributed by atoms with Crippen molar-refractivity contribution in [3.8, 4) is 16.9 Å². The van der Waals surface area contributed by atoms with E-state index in [1.807, 2.05) is 55.6 Å². The molecule has 2 aromatic heterocycles. The molecule has 142 valence electrons. The Kier molecular flexibility index (Phi) is 5.28. The molecule has 0 aliphatic carbocycles. The second-order valence-corrected chi connectivity index (χ2v) is 7.26. The number of aryl methyl sites for hydroxylation is 1. The Morgan fingerprint density at radius 3 is 2.82 bits per heavy atom. The van der Waals surface area contributed by atoms with Crippen LogP contribution in [0, 0.1) is 6.92 Å². The highest BCUT2D eigenvalue weighted by atomic mass is 35.5. The second kappa shape index (κ2) is 8.00. The first kappa shape index (κ1) is 18.5. The van der Waals surface area contributed by atoms with E-state index in [0.29, 0.717) is 18.8 Å². The zero-order chi connectivity index (χ0) is 19.5. The lowest BCUT2D eigenvalue weighted by Gasteiger charge is -2.14. The van der Waals surface area contributed by atoms with Gasteiger partial charge >= 0.3 is 0 Å². The number of ether oxygens (including phenoxy) is 1. The summed E-state index contributed by atoms with van der Waals surface area (Å²) in [6.07, 6.45) is 4.18. The van der Waals surface area contributed by atoms with Gasteiger partial charge in [0.1, 0.15) is 12.4 Å². The number of pyridine rings is 1. The van der Waals surface area contributed by atoms with Gasteiger partial charge in [-0.2, -0.15) is 5.10 Å². The molecule has 2 heterocycles. The highest BCUT2D eigenvalue weighted by molar-refractivity contribution is 6.31. The quantitative estimate of drug-likeness (QED) is 0.505. The van der Waals surface area contributed by atoms with Crippen LogP contribution in [0.2, 0.25) is 5.02 Å². The maximum absolute atomic E-state index is 6.22. The molecule has 0 saturated carbocycles. The van der Waals surface area contributed by atoms with Crippen molar-refractivity contribution in [2.75, 3.05) is 6.61 Å². The number of benzene rings is 2. The van der Waals surface area contributed by atoms with Crippen molar-refractivity contribution in [1.82, 2.24) is 15.2 Å². The molecule has 28 heavy (non-hydrogen) atoms. The highest BCUT2D eigenvalue weighted by Crippen LogP contribution is 2.27. The molecule has 0 fully saturated rings. The van der Waals surface area contributed by atoms with E-state index in [2.05, 4.69) is 21.2 Å². The molecule has 0 saturated heterocycles. The van der Waals surface area contributed by atoms with Gasteiger partial charge in [-0.25, -0.2) is 0 Å². The summed E-state index contributed by atoms with van der Waals surface area (Å²) in [6, 6.07) is 15.7. The number of hydrogen-bond donors (Lipinski definition) is 2. The average molecular weight is 393 g/mol. The lowest BCUT2D eigenvalue weighted by atomic mass is 10.0. The number of halogens is 1. The summed E-state index contributed by atoms with van der Waals surface area (Å²) in [4.78, 5) is 4.32. The lowest BCUT2D eigenvalue weighted by Crippen LogP contribution is -2.30. The molecule has 0 bridgehead atoms. The molecular formula is C22H21ClN4O. The molecule has 0 unspecified atom stereocenters. The van der Waals surface area contributed by atoms with Gasteiger partial charge in [-0.1, -0.05) is 35.9 Å². The Bertz CT molecular complexity index is 1110. The van der Waals surface area contributed by atoms with Gasteiger partial charge in [0.2, 0.25) is 0 Å². The van der Waals surface area contributed by atoms with Crippen LogP contribution in [0.3, 0.4) is 0 Å². The number of nitrogens with zero attached hydrogens (tertiary/aromatic N) is 2. The minimum absolute atomic E-state index is 0.159. The number of aromatic amines is 1. The first-order chi connectivity index (χ1) is 13.6. The molecule has 4 rings (SSSR count). The maximum Gasteiger partial charge on any atom is 0.138 e. The Balaban J connectivity index is 1.46. The Morgan fingerprint density at radius 2 is 1.96 bits per heavy atom. The van der Waals surface area contributed by atoms with Crippen molar-refractivity contribution in [2.24, 2.45) is 5.73 Å². The summed E-state index contributed by atoms with van der Waals surface area (Å²) in [6.45, 7) is 2.40. The normalized spacial score (nSPS) is 12.2. The van der Waals surface area contributed by atoms with E-state index in [4.69, 9.17) is 22.1 Å². The van der Waals surface area contributed by atoms with Gasteiger partial charge in [0.25, 0.3) is 0 Å². The van der Waals surface area contributed by atoms with Crippen LogP contribution in [0.1, 0.15) is 11.3 Å². The third-order valence-corrected chi connectivity index (χ3v) is 5.06. The van der Waals surface area contributed by atoms with Gasteiger partial charge in [-0.3, -0.25) is 10.1 Å². The van der Waals surface area contributed by atoms with Gasteiger partial charge < -0.3 is 10.5 Å². The molecule has 0 spiro atoms. The van der Waals surface area contributed by atoms with E-state index >= 15 is 0 Å². The van der Waals surface area contributed by atoms with Crippen LogP contribution >= 0.6 is 11.6 Å². The van der Waals surface area contributed by atoms with Crippen LogP contribution in [0.25, 0.3) is 22.0 Å². The number of nitrogens with two attached hydrogens (primary N) is 1. The lowest BCUT2D eigenvalue weighted by molar-refractivity contribution is 0.287. The molecular weight excluding hydrogens is 372 g/mol. The SMILES string of the molecule is Cc1[nH]nc2ccc(-c3cncc(OC[C@@H](N)Cc4ccccc4Cl)c3)cc12. The summed E-state index contributed by atoms with van der Waals surface area (Å²) in [5.41, 5.74) is 11.3. The Labute approximate surface area is 168 Å². The summed E-state index contributed by atoms with van der Waals surface area (Å²) in [5.74, 6) is 0.691. The summed E-state index contributed by atoms with van der Waals surface area (Å²) >= 11 is 6.21. The number of hydrogen-bond acceptors (Lipinski definition) is 4. The predicted octanol–water partition coefficient (Wildman–Crippen LogP) is 4.54. The fraction of sp³-hybridized carbons (Fsp3) is 0.182.